The summed E-state index contributed by atoms with van der Waals surface area (Å²) in [7, 11) is 0. The first kappa shape index (κ1) is 12.9. The van der Waals surface area contributed by atoms with Gasteiger partial charge in [-0.05, 0) is 40.8 Å². The summed E-state index contributed by atoms with van der Waals surface area (Å²) in [6, 6.07) is 2.22. The smallest absolute Gasteiger partial charge is 0.107 e. The van der Waals surface area contributed by atoms with Gasteiger partial charge < -0.3 is 5.73 Å². The quantitative estimate of drug-likeness (QED) is 0.816. The van der Waals surface area contributed by atoms with Crippen molar-refractivity contribution in [3.05, 3.63) is 19.8 Å². The summed E-state index contributed by atoms with van der Waals surface area (Å²) < 4.78 is 1.79. The van der Waals surface area contributed by atoms with Crippen LogP contribution in [0.3, 0.4) is 0 Å². The van der Waals surface area contributed by atoms with E-state index in [1.807, 2.05) is 0 Å². The number of hydrogen-bond donors (Lipinski definition) is 1. The van der Waals surface area contributed by atoms with Crippen LogP contribution in [0.25, 0.3) is 0 Å². The Labute approximate surface area is 114 Å². The highest BCUT2D eigenvalue weighted by Gasteiger charge is 2.18. The molecule has 1 aromatic rings. The molecule has 1 nitrogen and oxygen atoms in total. The van der Waals surface area contributed by atoms with Crippen molar-refractivity contribution >= 4 is 38.9 Å². The van der Waals surface area contributed by atoms with Gasteiger partial charge in [0.25, 0.3) is 0 Å². The van der Waals surface area contributed by atoms with Crippen LogP contribution in [0.2, 0.25) is 4.34 Å². The molecule has 1 saturated carbocycles. The molecule has 4 heteroatoms. The third-order valence-electron chi connectivity index (χ3n) is 3.39. The van der Waals surface area contributed by atoms with Crippen LogP contribution in [-0.2, 0) is 0 Å². The molecular weight excluding hydrogens is 306 g/mol. The molecule has 1 atom stereocenters. The lowest BCUT2D eigenvalue weighted by atomic mass is 9.98. The Morgan fingerprint density at radius 3 is 2.75 bits per heavy atom. The molecule has 0 spiro atoms. The molecular formula is C12H17BrClNS. The van der Waals surface area contributed by atoms with Crippen molar-refractivity contribution in [1.82, 2.24) is 0 Å². The van der Waals surface area contributed by atoms with Crippen LogP contribution < -0.4 is 5.73 Å². The highest BCUT2D eigenvalue weighted by molar-refractivity contribution is 9.10. The van der Waals surface area contributed by atoms with Gasteiger partial charge >= 0.3 is 0 Å². The molecule has 1 aromatic heterocycles. The summed E-state index contributed by atoms with van der Waals surface area (Å²) in [5.74, 6) is 0.921. The molecule has 0 amide bonds. The molecule has 2 rings (SSSR count). The average Bonchev–Trinajstić information content (AvgIpc) is 2.86. The molecule has 90 valence electrons. The van der Waals surface area contributed by atoms with Crippen LogP contribution in [0.5, 0.6) is 0 Å². The zero-order valence-electron chi connectivity index (χ0n) is 9.22. The first-order valence-corrected chi connectivity index (χ1v) is 7.86. The van der Waals surface area contributed by atoms with Crippen molar-refractivity contribution in [2.75, 3.05) is 0 Å². The van der Waals surface area contributed by atoms with Crippen LogP contribution in [0.1, 0.15) is 49.4 Å². The third kappa shape index (κ3) is 3.22. The predicted octanol–water partition coefficient (Wildman–Crippen LogP) is 5.13. The number of thiophene rings is 1. The highest BCUT2D eigenvalue weighted by Crippen LogP contribution is 2.37. The highest BCUT2D eigenvalue weighted by atomic mass is 79.9. The fourth-order valence-corrected chi connectivity index (χ4v) is 4.17. The van der Waals surface area contributed by atoms with Crippen LogP contribution >= 0.6 is 38.9 Å². The molecule has 0 bridgehead atoms. The Balaban J connectivity index is 1.84. The summed E-state index contributed by atoms with van der Waals surface area (Å²) in [4.78, 5) is 1.20. The lowest BCUT2D eigenvalue weighted by Gasteiger charge is -2.13. The summed E-state index contributed by atoms with van der Waals surface area (Å²) >= 11 is 11.0. The summed E-state index contributed by atoms with van der Waals surface area (Å²) in [6.45, 7) is 0. The maximum Gasteiger partial charge on any atom is 0.107 e. The molecule has 0 radical (unpaired) electrons. The molecule has 0 saturated heterocycles. The maximum absolute atomic E-state index is 6.19. The molecule has 0 aliphatic heterocycles. The van der Waals surface area contributed by atoms with E-state index >= 15 is 0 Å². The second-order valence-corrected chi connectivity index (χ2v) is 7.14. The molecule has 1 heterocycles. The van der Waals surface area contributed by atoms with Gasteiger partial charge in [-0.1, -0.05) is 37.3 Å². The second kappa shape index (κ2) is 5.85. The normalized spacial score (nSPS) is 19.2. The first-order valence-electron chi connectivity index (χ1n) is 5.87. The van der Waals surface area contributed by atoms with Crippen LogP contribution in [0.4, 0.5) is 0 Å². The van der Waals surface area contributed by atoms with Crippen molar-refractivity contribution in [1.29, 1.82) is 0 Å². The minimum Gasteiger partial charge on any atom is -0.323 e. The summed E-state index contributed by atoms with van der Waals surface area (Å²) in [6.07, 6.45) is 8.00. The SMILES string of the molecule is NC(CCC1CCCC1)c1cc(Br)c(Cl)s1. The van der Waals surface area contributed by atoms with Crippen LogP contribution in [-0.4, -0.2) is 0 Å². The van der Waals surface area contributed by atoms with E-state index in [4.69, 9.17) is 17.3 Å². The van der Waals surface area contributed by atoms with Crippen LogP contribution in [0, 0.1) is 5.92 Å². The van der Waals surface area contributed by atoms with Gasteiger partial charge in [0, 0.05) is 15.4 Å². The Morgan fingerprint density at radius 2 is 2.19 bits per heavy atom. The molecule has 0 aromatic carbocycles. The lowest BCUT2D eigenvalue weighted by molar-refractivity contribution is 0.456. The minimum atomic E-state index is 0.161. The molecule has 1 fully saturated rings. The van der Waals surface area contributed by atoms with Gasteiger partial charge in [0.2, 0.25) is 0 Å². The fourth-order valence-electron chi connectivity index (χ4n) is 2.40. The van der Waals surface area contributed by atoms with E-state index in [9.17, 15) is 0 Å². The standard InChI is InChI=1S/C12H17BrClNS/c13-9-7-11(16-12(9)14)10(15)6-5-8-3-1-2-4-8/h7-8,10H,1-6,15H2. The number of rotatable bonds is 4. The molecule has 1 unspecified atom stereocenters. The van der Waals surface area contributed by atoms with Crippen molar-refractivity contribution in [3.63, 3.8) is 0 Å². The van der Waals surface area contributed by atoms with Gasteiger partial charge in [-0.3, -0.25) is 0 Å². The Hall–Kier alpha value is 0.430. The average molecular weight is 323 g/mol. The Bertz CT molecular complexity index is 327. The largest absolute Gasteiger partial charge is 0.323 e. The summed E-state index contributed by atoms with van der Waals surface area (Å²) in [5, 5.41) is 0. The van der Waals surface area contributed by atoms with E-state index in [1.165, 1.54) is 37.0 Å². The number of nitrogens with two attached hydrogens (primary N) is 1. The zero-order valence-corrected chi connectivity index (χ0v) is 12.4. The lowest BCUT2D eigenvalue weighted by Crippen LogP contribution is -2.10. The van der Waals surface area contributed by atoms with E-state index in [0.29, 0.717) is 0 Å². The van der Waals surface area contributed by atoms with E-state index in [2.05, 4.69) is 22.0 Å². The minimum absolute atomic E-state index is 0.161. The van der Waals surface area contributed by atoms with Crippen molar-refractivity contribution in [2.24, 2.45) is 11.7 Å². The molecule has 16 heavy (non-hydrogen) atoms. The van der Waals surface area contributed by atoms with E-state index < -0.39 is 0 Å². The van der Waals surface area contributed by atoms with Crippen molar-refractivity contribution < 1.29 is 0 Å². The zero-order chi connectivity index (χ0) is 11.5. The second-order valence-electron chi connectivity index (χ2n) is 4.60. The van der Waals surface area contributed by atoms with E-state index in [1.54, 1.807) is 11.3 Å². The Morgan fingerprint density at radius 1 is 1.50 bits per heavy atom. The number of hydrogen-bond acceptors (Lipinski definition) is 2. The van der Waals surface area contributed by atoms with Gasteiger partial charge in [-0.15, -0.1) is 11.3 Å². The van der Waals surface area contributed by atoms with Gasteiger partial charge in [-0.2, -0.15) is 0 Å². The molecule has 1 aliphatic rings. The maximum atomic E-state index is 6.19. The first-order chi connectivity index (χ1) is 7.66. The van der Waals surface area contributed by atoms with Gasteiger partial charge in [0.15, 0.2) is 0 Å². The molecule has 1 aliphatic carbocycles. The fraction of sp³-hybridized carbons (Fsp3) is 0.667. The van der Waals surface area contributed by atoms with Crippen molar-refractivity contribution in [2.45, 2.75) is 44.6 Å². The molecule has 2 N–H and O–H groups in total. The monoisotopic (exact) mass is 321 g/mol. The number of halogens is 2. The van der Waals surface area contributed by atoms with Gasteiger partial charge in [0.1, 0.15) is 4.34 Å². The summed E-state index contributed by atoms with van der Waals surface area (Å²) in [5.41, 5.74) is 6.19. The third-order valence-corrected chi connectivity index (χ3v) is 6.00. The predicted molar refractivity (Wildman–Crippen MR) is 75.1 cm³/mol. The van der Waals surface area contributed by atoms with E-state index in [0.717, 1.165) is 21.1 Å². The topological polar surface area (TPSA) is 26.0 Å². The van der Waals surface area contributed by atoms with Gasteiger partial charge in [-0.25, -0.2) is 0 Å². The Kier molecular flexibility index (Phi) is 4.71. The van der Waals surface area contributed by atoms with E-state index in [-0.39, 0.29) is 6.04 Å². The van der Waals surface area contributed by atoms with Crippen molar-refractivity contribution in [3.8, 4) is 0 Å². The van der Waals surface area contributed by atoms with Gasteiger partial charge in [0.05, 0.1) is 0 Å². The van der Waals surface area contributed by atoms with Crippen LogP contribution in [0.15, 0.2) is 10.5 Å².